The Morgan fingerprint density at radius 3 is 2.60 bits per heavy atom. The molecular formula is C29H36N6O4S. The topological polar surface area (TPSA) is 112 Å². The predicted octanol–water partition coefficient (Wildman–Crippen LogP) is 4.10. The number of benzene rings is 2. The third-order valence-corrected chi connectivity index (χ3v) is 8.66. The van der Waals surface area contributed by atoms with Crippen LogP contribution in [0.3, 0.4) is 0 Å². The number of rotatable bonds is 9. The summed E-state index contributed by atoms with van der Waals surface area (Å²) in [7, 11) is -0.252. The quantitative estimate of drug-likeness (QED) is 0.313. The van der Waals surface area contributed by atoms with Crippen LogP contribution in [0.5, 0.6) is 5.75 Å². The second-order valence-corrected chi connectivity index (χ2v) is 12.4. The summed E-state index contributed by atoms with van der Waals surface area (Å²) in [6.07, 6.45) is 4.67. The first-order valence-corrected chi connectivity index (χ1v) is 15.2. The third-order valence-electron chi connectivity index (χ3n) is 7.47. The smallest absolute Gasteiger partial charge is 0.245 e. The van der Waals surface area contributed by atoms with Gasteiger partial charge >= 0.3 is 0 Å². The Morgan fingerprint density at radius 2 is 1.90 bits per heavy atom. The molecule has 3 heterocycles. The molecule has 0 aliphatic carbocycles. The lowest BCUT2D eigenvalue weighted by Gasteiger charge is -2.33. The summed E-state index contributed by atoms with van der Waals surface area (Å²) < 4.78 is 33.3. The fraction of sp³-hybridized carbons (Fsp3) is 0.379. The molecule has 0 amide bonds. The number of ether oxygens (including phenoxy) is 1. The number of hydrogen-bond acceptors (Lipinski definition) is 8. The van der Waals surface area contributed by atoms with Crippen LogP contribution in [0.4, 0.5) is 17.3 Å². The van der Waals surface area contributed by atoms with Gasteiger partial charge in [0.1, 0.15) is 5.75 Å². The van der Waals surface area contributed by atoms with Crippen molar-refractivity contribution in [3.63, 3.8) is 0 Å². The van der Waals surface area contributed by atoms with Crippen molar-refractivity contribution in [2.75, 3.05) is 49.7 Å². The van der Waals surface area contributed by atoms with E-state index >= 15 is 0 Å². The maximum Gasteiger partial charge on any atom is 0.245 e. The van der Waals surface area contributed by atoms with Crippen LogP contribution in [0.1, 0.15) is 31.2 Å². The fourth-order valence-corrected chi connectivity index (χ4v) is 5.83. The minimum Gasteiger partial charge on any atom is -0.495 e. The number of para-hydroxylation sites is 1. The molecule has 1 aliphatic heterocycles. The average Bonchev–Trinajstić information content (AvgIpc) is 3.35. The van der Waals surface area contributed by atoms with Gasteiger partial charge in [-0.2, -0.15) is 0 Å². The molecule has 0 bridgehead atoms. The van der Waals surface area contributed by atoms with Gasteiger partial charge in [0, 0.05) is 19.2 Å². The Morgan fingerprint density at radius 1 is 1.15 bits per heavy atom. The van der Waals surface area contributed by atoms with Gasteiger partial charge in [0.05, 0.1) is 48.3 Å². The number of piperidine rings is 1. The number of aliphatic hydroxyl groups is 1. The third kappa shape index (κ3) is 5.91. The van der Waals surface area contributed by atoms with Crippen LogP contribution in [-0.4, -0.2) is 79.2 Å². The highest BCUT2D eigenvalue weighted by Gasteiger charge is 2.23. The molecule has 1 fully saturated rings. The van der Waals surface area contributed by atoms with Crippen molar-refractivity contribution >= 4 is 32.9 Å². The summed E-state index contributed by atoms with van der Waals surface area (Å²) in [5.74, 6) is 1.53. The molecule has 1 atom stereocenters. The van der Waals surface area contributed by atoms with Crippen LogP contribution < -0.4 is 14.4 Å². The summed E-state index contributed by atoms with van der Waals surface area (Å²) in [4.78, 5) is 6.81. The molecule has 1 unspecified atom stereocenters. The van der Waals surface area contributed by atoms with E-state index in [2.05, 4.69) is 27.3 Å². The zero-order valence-electron chi connectivity index (χ0n) is 23.3. The van der Waals surface area contributed by atoms with E-state index < -0.39 is 10.0 Å². The zero-order chi connectivity index (χ0) is 28.4. The van der Waals surface area contributed by atoms with E-state index in [0.29, 0.717) is 29.8 Å². The normalized spacial score (nSPS) is 15.7. The molecule has 0 spiro atoms. The Balaban J connectivity index is 1.40. The van der Waals surface area contributed by atoms with Gasteiger partial charge in [-0.1, -0.05) is 24.3 Å². The zero-order valence-corrected chi connectivity index (χ0v) is 24.1. The lowest BCUT2D eigenvalue weighted by Crippen LogP contribution is -2.37. The number of nitrogens with zero attached hydrogens (tertiary/aromatic N) is 5. The number of nitrogens with one attached hydrogen (secondary N) is 1. The number of β-amino-alcohol motifs (C(OH)–C–C–N with tert-alkyl or cyclic N) is 1. The molecule has 40 heavy (non-hydrogen) atoms. The molecule has 1 aliphatic rings. The van der Waals surface area contributed by atoms with Gasteiger partial charge in [0.25, 0.3) is 0 Å². The van der Waals surface area contributed by atoms with Crippen molar-refractivity contribution in [2.24, 2.45) is 0 Å². The molecule has 4 aromatic rings. The molecule has 5 rings (SSSR count). The maximum atomic E-state index is 12.3. The largest absolute Gasteiger partial charge is 0.495 e. The van der Waals surface area contributed by atoms with Gasteiger partial charge < -0.3 is 20.1 Å². The Kier molecular flexibility index (Phi) is 7.97. The molecule has 2 aromatic heterocycles. The van der Waals surface area contributed by atoms with Gasteiger partial charge in [-0.15, -0.1) is 5.10 Å². The van der Waals surface area contributed by atoms with Crippen LogP contribution in [0.15, 0.2) is 60.8 Å². The minimum absolute atomic E-state index is 0.311. The number of likely N-dealkylation sites (tertiary alicyclic amines) is 1. The Labute approximate surface area is 235 Å². The molecule has 1 saturated heterocycles. The highest BCUT2D eigenvalue weighted by molar-refractivity contribution is 7.92. The summed E-state index contributed by atoms with van der Waals surface area (Å²) >= 11 is 0. The van der Waals surface area contributed by atoms with E-state index in [1.54, 1.807) is 30.9 Å². The minimum atomic E-state index is -3.45. The van der Waals surface area contributed by atoms with Crippen LogP contribution in [0.25, 0.3) is 16.8 Å². The van der Waals surface area contributed by atoms with Crippen LogP contribution in [0, 0.1) is 0 Å². The fourth-order valence-electron chi connectivity index (χ4n) is 5.31. The van der Waals surface area contributed by atoms with E-state index in [-0.39, 0.29) is 6.10 Å². The number of hydrogen-bond donors (Lipinski definition) is 2. The van der Waals surface area contributed by atoms with Crippen LogP contribution >= 0.6 is 0 Å². The number of aromatic nitrogens is 3. The van der Waals surface area contributed by atoms with Crippen molar-refractivity contribution < 1.29 is 18.3 Å². The lowest BCUT2D eigenvalue weighted by atomic mass is 9.89. The van der Waals surface area contributed by atoms with E-state index in [1.807, 2.05) is 43.3 Å². The second-order valence-electron chi connectivity index (χ2n) is 10.4. The van der Waals surface area contributed by atoms with Crippen LogP contribution in [0.2, 0.25) is 0 Å². The monoisotopic (exact) mass is 564 g/mol. The standard InChI is InChI=1S/C29H36N6O4S/c1-20(36)19-34-15-13-21(14-16-34)22-9-11-25(28(17-22)39-3)31-29-30-18-23-10-12-27(35(23)32-29)24-7-5-6-8-26(24)33(2)40(4,37)38/h5-12,17-18,20-21,36H,13-16,19H2,1-4H3,(H,31,32). The van der Waals surface area contributed by atoms with Crippen molar-refractivity contribution in [3.05, 3.63) is 66.4 Å². The van der Waals surface area contributed by atoms with E-state index in [1.165, 1.54) is 16.1 Å². The molecule has 2 N–H and O–H groups in total. The molecular weight excluding hydrogens is 528 g/mol. The molecule has 2 aromatic carbocycles. The molecule has 11 heteroatoms. The first kappa shape index (κ1) is 27.9. The van der Waals surface area contributed by atoms with Gasteiger partial charge in [0.15, 0.2) is 0 Å². The lowest BCUT2D eigenvalue weighted by molar-refractivity contribution is 0.109. The summed E-state index contributed by atoms with van der Waals surface area (Å²) in [6.45, 7) is 4.48. The maximum absolute atomic E-state index is 12.3. The molecule has 10 nitrogen and oxygen atoms in total. The predicted molar refractivity (Wildman–Crippen MR) is 158 cm³/mol. The molecule has 0 radical (unpaired) electrons. The molecule has 212 valence electrons. The second kappa shape index (κ2) is 11.4. The number of anilines is 3. The van der Waals surface area contributed by atoms with Crippen molar-refractivity contribution in [1.82, 2.24) is 19.5 Å². The van der Waals surface area contributed by atoms with Gasteiger partial charge in [0.2, 0.25) is 16.0 Å². The van der Waals surface area contributed by atoms with Gasteiger partial charge in [-0.05, 0) is 74.7 Å². The van der Waals surface area contributed by atoms with Crippen molar-refractivity contribution in [2.45, 2.75) is 31.8 Å². The van der Waals surface area contributed by atoms with E-state index in [4.69, 9.17) is 9.84 Å². The highest BCUT2D eigenvalue weighted by atomic mass is 32.2. The van der Waals surface area contributed by atoms with Gasteiger partial charge in [-0.25, -0.2) is 17.9 Å². The van der Waals surface area contributed by atoms with E-state index in [0.717, 1.165) is 48.4 Å². The Hall–Kier alpha value is -3.67. The number of aliphatic hydroxyl groups excluding tert-OH is 1. The van der Waals surface area contributed by atoms with Gasteiger partial charge in [-0.3, -0.25) is 4.31 Å². The SMILES string of the molecule is COc1cc(C2CCN(CC(C)O)CC2)ccc1Nc1ncc2ccc(-c3ccccc3N(C)S(C)(=O)=O)n2n1. The summed E-state index contributed by atoms with van der Waals surface area (Å²) in [6, 6.07) is 17.3. The Bertz CT molecular complexity index is 1600. The number of fused-ring (bicyclic) bond motifs is 1. The first-order valence-electron chi connectivity index (χ1n) is 13.4. The molecule has 0 saturated carbocycles. The number of methoxy groups -OCH3 is 1. The highest BCUT2D eigenvalue weighted by Crippen LogP contribution is 2.36. The van der Waals surface area contributed by atoms with Crippen molar-refractivity contribution in [3.8, 4) is 17.0 Å². The van der Waals surface area contributed by atoms with E-state index in [9.17, 15) is 13.5 Å². The summed E-state index contributed by atoms with van der Waals surface area (Å²) in [5, 5.41) is 17.7. The summed E-state index contributed by atoms with van der Waals surface area (Å²) in [5.41, 5.74) is 4.81. The average molecular weight is 565 g/mol. The van der Waals surface area contributed by atoms with Crippen LogP contribution in [-0.2, 0) is 10.0 Å². The number of sulfonamides is 1. The first-order chi connectivity index (χ1) is 19.1. The van der Waals surface area contributed by atoms with Crippen molar-refractivity contribution in [1.29, 1.82) is 0 Å².